The summed E-state index contributed by atoms with van der Waals surface area (Å²) < 4.78 is 0. The van der Waals surface area contributed by atoms with Crippen LogP contribution in [0.3, 0.4) is 0 Å². The fourth-order valence-electron chi connectivity index (χ4n) is 2.71. The molecule has 2 N–H and O–H groups in total. The molecule has 4 rings (SSSR count). The lowest BCUT2D eigenvalue weighted by molar-refractivity contribution is 1.06. The molecule has 6 nitrogen and oxygen atoms in total. The Morgan fingerprint density at radius 3 is 2.00 bits per heavy atom. The highest BCUT2D eigenvalue weighted by Gasteiger charge is 2.02. The number of rotatable bonds is 4. The predicted octanol–water partition coefficient (Wildman–Crippen LogP) is 4.52. The van der Waals surface area contributed by atoms with E-state index in [1.165, 1.54) is 0 Å². The molecule has 0 unspecified atom stereocenters. The minimum atomic E-state index is 0.601. The van der Waals surface area contributed by atoms with Crippen LogP contribution in [-0.4, -0.2) is 19.9 Å². The largest absolute Gasteiger partial charge is 0.339 e. The van der Waals surface area contributed by atoms with Gasteiger partial charge in [-0.05, 0) is 56.3 Å². The number of para-hydroxylation sites is 2. The van der Waals surface area contributed by atoms with E-state index in [2.05, 4.69) is 30.6 Å². The van der Waals surface area contributed by atoms with E-state index in [0.29, 0.717) is 11.8 Å². The standard InChI is InChI=1S/C20H18N6/c1-13-11-14(2)23-20(22-13)25-16-9-7-15(8-10-16)24-19-12-21-17-5-3-4-6-18(17)26-19/h3-12H,1-2H3,(H,24,26)(H,22,23,25). The van der Waals surface area contributed by atoms with E-state index in [0.717, 1.165) is 33.8 Å². The first-order valence-corrected chi connectivity index (χ1v) is 8.34. The second kappa shape index (κ2) is 6.76. The molecule has 4 aromatic rings. The molecule has 26 heavy (non-hydrogen) atoms. The molecule has 0 fully saturated rings. The second-order valence-electron chi connectivity index (χ2n) is 6.05. The Labute approximate surface area is 151 Å². The minimum Gasteiger partial charge on any atom is -0.339 e. The van der Waals surface area contributed by atoms with Crippen LogP contribution in [0, 0.1) is 13.8 Å². The van der Waals surface area contributed by atoms with Crippen LogP contribution in [0.4, 0.5) is 23.1 Å². The smallest absolute Gasteiger partial charge is 0.227 e. The van der Waals surface area contributed by atoms with Gasteiger partial charge in [-0.3, -0.25) is 4.98 Å². The van der Waals surface area contributed by atoms with Crippen LogP contribution in [0.1, 0.15) is 11.4 Å². The Balaban J connectivity index is 1.49. The lowest BCUT2D eigenvalue weighted by atomic mass is 10.2. The number of benzene rings is 2. The first-order chi connectivity index (χ1) is 12.7. The highest BCUT2D eigenvalue weighted by atomic mass is 15.1. The number of hydrogen-bond acceptors (Lipinski definition) is 6. The van der Waals surface area contributed by atoms with E-state index in [9.17, 15) is 0 Å². The van der Waals surface area contributed by atoms with Crippen molar-refractivity contribution in [2.75, 3.05) is 10.6 Å². The van der Waals surface area contributed by atoms with Gasteiger partial charge in [0.1, 0.15) is 5.82 Å². The zero-order valence-electron chi connectivity index (χ0n) is 14.6. The van der Waals surface area contributed by atoms with Crippen molar-refractivity contribution in [3.05, 3.63) is 72.2 Å². The molecule has 0 amide bonds. The molecule has 0 aliphatic carbocycles. The number of nitrogens with one attached hydrogen (secondary N) is 2. The molecule has 0 saturated heterocycles. The highest BCUT2D eigenvalue weighted by molar-refractivity contribution is 5.76. The van der Waals surface area contributed by atoms with Crippen LogP contribution in [0.15, 0.2) is 60.8 Å². The summed E-state index contributed by atoms with van der Waals surface area (Å²) in [5.74, 6) is 1.31. The number of aryl methyl sites for hydroxylation is 2. The molecule has 0 aliphatic rings. The fraction of sp³-hybridized carbons (Fsp3) is 0.100. The van der Waals surface area contributed by atoms with Crippen LogP contribution in [0.25, 0.3) is 11.0 Å². The van der Waals surface area contributed by atoms with Crippen molar-refractivity contribution in [2.24, 2.45) is 0 Å². The Kier molecular flexibility index (Phi) is 4.15. The van der Waals surface area contributed by atoms with Gasteiger partial charge in [0.25, 0.3) is 0 Å². The van der Waals surface area contributed by atoms with Gasteiger partial charge in [-0.15, -0.1) is 0 Å². The number of aromatic nitrogens is 4. The van der Waals surface area contributed by atoms with Crippen molar-refractivity contribution in [1.29, 1.82) is 0 Å². The first-order valence-electron chi connectivity index (χ1n) is 8.34. The Morgan fingerprint density at radius 1 is 0.692 bits per heavy atom. The molecular weight excluding hydrogens is 324 g/mol. The van der Waals surface area contributed by atoms with Crippen molar-refractivity contribution < 1.29 is 0 Å². The number of fused-ring (bicyclic) bond motifs is 1. The SMILES string of the molecule is Cc1cc(C)nc(Nc2ccc(Nc3cnc4ccccc4n3)cc2)n1. The van der Waals surface area contributed by atoms with Gasteiger partial charge in [-0.2, -0.15) is 0 Å². The minimum absolute atomic E-state index is 0.601. The third kappa shape index (κ3) is 3.59. The van der Waals surface area contributed by atoms with Gasteiger partial charge in [0, 0.05) is 22.8 Å². The monoisotopic (exact) mass is 342 g/mol. The van der Waals surface area contributed by atoms with Crippen molar-refractivity contribution in [3.63, 3.8) is 0 Å². The van der Waals surface area contributed by atoms with Crippen LogP contribution in [0.5, 0.6) is 0 Å². The third-order valence-corrected chi connectivity index (χ3v) is 3.84. The molecule has 0 atom stereocenters. The molecule has 0 bridgehead atoms. The van der Waals surface area contributed by atoms with Gasteiger partial charge in [0.05, 0.1) is 17.2 Å². The van der Waals surface area contributed by atoms with Crippen molar-refractivity contribution in [2.45, 2.75) is 13.8 Å². The van der Waals surface area contributed by atoms with Crippen LogP contribution in [0.2, 0.25) is 0 Å². The van der Waals surface area contributed by atoms with Crippen molar-refractivity contribution in [1.82, 2.24) is 19.9 Å². The molecular formula is C20H18N6. The Morgan fingerprint density at radius 2 is 1.31 bits per heavy atom. The summed E-state index contributed by atoms with van der Waals surface area (Å²) in [6.45, 7) is 3.91. The normalized spacial score (nSPS) is 10.7. The van der Waals surface area contributed by atoms with E-state index in [1.54, 1.807) is 6.20 Å². The predicted molar refractivity (Wildman–Crippen MR) is 104 cm³/mol. The Bertz CT molecular complexity index is 1040. The van der Waals surface area contributed by atoms with E-state index < -0.39 is 0 Å². The topological polar surface area (TPSA) is 75.6 Å². The fourth-order valence-corrected chi connectivity index (χ4v) is 2.71. The average molecular weight is 342 g/mol. The molecule has 128 valence electrons. The summed E-state index contributed by atoms with van der Waals surface area (Å²) in [5.41, 5.74) is 5.47. The van der Waals surface area contributed by atoms with Gasteiger partial charge in [-0.25, -0.2) is 15.0 Å². The maximum absolute atomic E-state index is 4.57. The van der Waals surface area contributed by atoms with Gasteiger partial charge in [-0.1, -0.05) is 12.1 Å². The Hall–Kier alpha value is -3.54. The van der Waals surface area contributed by atoms with Gasteiger partial charge >= 0.3 is 0 Å². The number of nitrogens with zero attached hydrogens (tertiary/aromatic N) is 4. The zero-order chi connectivity index (χ0) is 17.9. The average Bonchev–Trinajstić information content (AvgIpc) is 2.62. The van der Waals surface area contributed by atoms with Crippen molar-refractivity contribution >= 4 is 34.2 Å². The number of anilines is 4. The first kappa shape index (κ1) is 16.0. The number of hydrogen-bond donors (Lipinski definition) is 2. The van der Waals surface area contributed by atoms with E-state index >= 15 is 0 Å². The lowest BCUT2D eigenvalue weighted by Gasteiger charge is -2.09. The maximum atomic E-state index is 4.57. The molecule has 2 heterocycles. The molecule has 0 saturated carbocycles. The summed E-state index contributed by atoms with van der Waals surface area (Å²) >= 11 is 0. The summed E-state index contributed by atoms with van der Waals surface area (Å²) in [7, 11) is 0. The van der Waals surface area contributed by atoms with Gasteiger partial charge < -0.3 is 10.6 Å². The van der Waals surface area contributed by atoms with Crippen LogP contribution < -0.4 is 10.6 Å². The third-order valence-electron chi connectivity index (χ3n) is 3.84. The molecule has 2 aromatic carbocycles. The van der Waals surface area contributed by atoms with Gasteiger partial charge in [0.15, 0.2) is 0 Å². The maximum Gasteiger partial charge on any atom is 0.227 e. The quantitative estimate of drug-likeness (QED) is 0.568. The van der Waals surface area contributed by atoms with Crippen LogP contribution in [-0.2, 0) is 0 Å². The molecule has 2 aromatic heterocycles. The summed E-state index contributed by atoms with van der Waals surface area (Å²) in [6.07, 6.45) is 1.73. The van der Waals surface area contributed by atoms with E-state index in [1.807, 2.05) is 68.4 Å². The molecule has 0 aliphatic heterocycles. The summed E-state index contributed by atoms with van der Waals surface area (Å²) in [6, 6.07) is 17.6. The lowest BCUT2D eigenvalue weighted by Crippen LogP contribution is -2.00. The second-order valence-corrected chi connectivity index (χ2v) is 6.05. The molecule has 0 spiro atoms. The summed E-state index contributed by atoms with van der Waals surface area (Å²) in [4.78, 5) is 17.8. The van der Waals surface area contributed by atoms with E-state index in [4.69, 9.17) is 0 Å². The van der Waals surface area contributed by atoms with E-state index in [-0.39, 0.29) is 0 Å². The zero-order valence-corrected chi connectivity index (χ0v) is 14.6. The highest BCUT2D eigenvalue weighted by Crippen LogP contribution is 2.20. The molecule has 6 heteroatoms. The molecule has 0 radical (unpaired) electrons. The van der Waals surface area contributed by atoms with Gasteiger partial charge in [0.2, 0.25) is 5.95 Å². The van der Waals surface area contributed by atoms with Crippen molar-refractivity contribution in [3.8, 4) is 0 Å². The summed E-state index contributed by atoms with van der Waals surface area (Å²) in [5, 5.41) is 6.50. The van der Waals surface area contributed by atoms with Crippen LogP contribution >= 0.6 is 0 Å².